The van der Waals surface area contributed by atoms with Crippen molar-refractivity contribution in [3.05, 3.63) is 12.2 Å². The van der Waals surface area contributed by atoms with Gasteiger partial charge in [0.15, 0.2) is 0 Å². The molecule has 1 heteroatoms. The summed E-state index contributed by atoms with van der Waals surface area (Å²) >= 11 is 0. The van der Waals surface area contributed by atoms with Gasteiger partial charge in [0.1, 0.15) is 0 Å². The highest BCUT2D eigenvalue weighted by molar-refractivity contribution is 5.09. The third-order valence-electron chi connectivity index (χ3n) is 6.21. The summed E-state index contributed by atoms with van der Waals surface area (Å²) in [4.78, 5) is 0. The Balaban J connectivity index is 2.90. The van der Waals surface area contributed by atoms with Gasteiger partial charge < -0.3 is 5.32 Å². The molecule has 1 aliphatic rings. The van der Waals surface area contributed by atoms with Crippen LogP contribution >= 0.6 is 0 Å². The lowest BCUT2D eigenvalue weighted by Crippen LogP contribution is -2.42. The van der Waals surface area contributed by atoms with Crippen LogP contribution in [0.1, 0.15) is 80.1 Å². The average molecular weight is 294 g/mol. The fraction of sp³-hybridized carbons (Fsp3) is 0.900. The summed E-state index contributed by atoms with van der Waals surface area (Å²) < 4.78 is 0. The number of hydrogen-bond acceptors (Lipinski definition) is 1. The van der Waals surface area contributed by atoms with Crippen molar-refractivity contribution in [1.82, 2.24) is 5.32 Å². The van der Waals surface area contributed by atoms with E-state index in [9.17, 15) is 0 Å². The van der Waals surface area contributed by atoms with Gasteiger partial charge in [-0.1, -0.05) is 73.0 Å². The Morgan fingerprint density at radius 1 is 1.24 bits per heavy atom. The Bertz CT molecular complexity index is 314. The molecule has 1 rings (SSSR count). The van der Waals surface area contributed by atoms with Crippen molar-refractivity contribution in [3.8, 4) is 0 Å². The zero-order chi connectivity index (χ0) is 16.0. The van der Waals surface area contributed by atoms with E-state index < -0.39 is 0 Å². The minimum absolute atomic E-state index is 0.264. The van der Waals surface area contributed by atoms with Gasteiger partial charge in [-0.3, -0.25) is 0 Å². The van der Waals surface area contributed by atoms with Crippen molar-refractivity contribution in [1.29, 1.82) is 0 Å². The second kappa shape index (κ2) is 8.36. The van der Waals surface area contributed by atoms with Crippen LogP contribution in [0, 0.1) is 23.2 Å². The average Bonchev–Trinajstić information content (AvgIpc) is 2.50. The largest absolute Gasteiger partial charge is 0.313 e. The third kappa shape index (κ3) is 5.13. The van der Waals surface area contributed by atoms with Gasteiger partial charge in [-0.15, -0.1) is 0 Å². The molecule has 0 aromatic carbocycles. The van der Waals surface area contributed by atoms with Crippen LogP contribution in [0.25, 0.3) is 0 Å². The highest BCUT2D eigenvalue weighted by atomic mass is 14.9. The minimum atomic E-state index is 0.264. The summed E-state index contributed by atoms with van der Waals surface area (Å²) in [7, 11) is 0. The van der Waals surface area contributed by atoms with Crippen LogP contribution in [0.3, 0.4) is 0 Å². The molecular weight excluding hydrogens is 254 g/mol. The van der Waals surface area contributed by atoms with Crippen molar-refractivity contribution in [2.75, 3.05) is 6.54 Å². The van der Waals surface area contributed by atoms with Crippen LogP contribution < -0.4 is 5.32 Å². The Morgan fingerprint density at radius 3 is 2.38 bits per heavy atom. The zero-order valence-electron chi connectivity index (χ0n) is 15.5. The lowest BCUT2D eigenvalue weighted by Gasteiger charge is -2.37. The molecule has 0 saturated carbocycles. The minimum Gasteiger partial charge on any atom is -0.313 e. The molecule has 3 atom stereocenters. The molecule has 0 aromatic heterocycles. The van der Waals surface area contributed by atoms with E-state index in [0.29, 0.717) is 6.04 Å². The highest BCUT2D eigenvalue weighted by Gasteiger charge is 2.32. The normalized spacial score (nSPS) is 28.8. The van der Waals surface area contributed by atoms with E-state index in [1.165, 1.54) is 50.6 Å². The fourth-order valence-electron chi connectivity index (χ4n) is 3.98. The molecule has 1 saturated heterocycles. The van der Waals surface area contributed by atoms with Gasteiger partial charge >= 0.3 is 0 Å². The van der Waals surface area contributed by atoms with Gasteiger partial charge in [-0.05, 0) is 49.0 Å². The number of hydrogen-bond donors (Lipinski definition) is 1. The zero-order valence-corrected chi connectivity index (χ0v) is 15.5. The summed E-state index contributed by atoms with van der Waals surface area (Å²) in [6, 6.07) is 0.633. The first-order valence-corrected chi connectivity index (χ1v) is 9.27. The third-order valence-corrected chi connectivity index (χ3v) is 6.21. The van der Waals surface area contributed by atoms with E-state index >= 15 is 0 Å². The summed E-state index contributed by atoms with van der Waals surface area (Å²) in [5, 5.41) is 3.95. The second-order valence-corrected chi connectivity index (χ2v) is 7.95. The fourth-order valence-corrected chi connectivity index (χ4v) is 3.98. The predicted molar refractivity (Wildman–Crippen MR) is 95.6 cm³/mol. The number of rotatable bonds is 5. The monoisotopic (exact) mass is 293 g/mol. The number of nitrogens with one attached hydrogen (secondary N) is 1. The van der Waals surface area contributed by atoms with Crippen molar-refractivity contribution in [2.24, 2.45) is 23.2 Å². The van der Waals surface area contributed by atoms with Crippen molar-refractivity contribution in [3.63, 3.8) is 0 Å². The predicted octanol–water partition coefficient (Wildman–Crippen LogP) is 5.81. The van der Waals surface area contributed by atoms with Crippen molar-refractivity contribution >= 4 is 0 Å². The molecular formula is C20H39N. The molecule has 0 aliphatic carbocycles. The SMILES string of the molecule is C=C1CCC(CC)CNC(C(C)C(CC)CC)CC1(C)C. The van der Waals surface area contributed by atoms with Crippen molar-refractivity contribution in [2.45, 2.75) is 86.1 Å². The highest BCUT2D eigenvalue weighted by Crippen LogP contribution is 2.38. The van der Waals surface area contributed by atoms with Gasteiger partial charge in [0.25, 0.3) is 0 Å². The van der Waals surface area contributed by atoms with Crippen LogP contribution in [0.4, 0.5) is 0 Å². The van der Waals surface area contributed by atoms with E-state index in [4.69, 9.17) is 0 Å². The molecule has 1 aliphatic heterocycles. The summed E-state index contributed by atoms with van der Waals surface area (Å²) in [6.45, 7) is 19.9. The van der Waals surface area contributed by atoms with Gasteiger partial charge in [-0.2, -0.15) is 0 Å². The molecule has 124 valence electrons. The first-order chi connectivity index (χ1) is 9.85. The van der Waals surface area contributed by atoms with Gasteiger partial charge in [0.2, 0.25) is 0 Å². The second-order valence-electron chi connectivity index (χ2n) is 7.95. The van der Waals surface area contributed by atoms with E-state index in [-0.39, 0.29) is 5.41 Å². The van der Waals surface area contributed by atoms with Crippen LogP contribution in [0.15, 0.2) is 12.2 Å². The maximum Gasteiger partial charge on any atom is 0.0104 e. The first kappa shape index (κ1) is 18.7. The molecule has 21 heavy (non-hydrogen) atoms. The topological polar surface area (TPSA) is 12.0 Å². The quantitative estimate of drug-likeness (QED) is 0.631. The molecule has 3 unspecified atom stereocenters. The maximum atomic E-state index is 4.43. The standard InChI is InChI=1S/C20H39N/c1-8-17-12-11-15(4)20(6,7)13-19(21-14-17)16(5)18(9-2)10-3/h16-19,21H,4,8-14H2,1-3,5-7H3. The Kier molecular flexibility index (Phi) is 7.47. The van der Waals surface area contributed by atoms with Gasteiger partial charge in [0.05, 0.1) is 0 Å². The molecule has 1 fully saturated rings. The van der Waals surface area contributed by atoms with Crippen LogP contribution in [-0.4, -0.2) is 12.6 Å². The molecule has 0 amide bonds. The summed E-state index contributed by atoms with van der Waals surface area (Å²) in [5.41, 5.74) is 1.73. The summed E-state index contributed by atoms with van der Waals surface area (Å²) in [5.74, 6) is 2.40. The van der Waals surface area contributed by atoms with E-state index in [1.807, 2.05) is 0 Å². The molecule has 0 aromatic rings. The lowest BCUT2D eigenvalue weighted by atomic mass is 9.73. The summed E-state index contributed by atoms with van der Waals surface area (Å²) in [6.07, 6.45) is 7.63. The van der Waals surface area contributed by atoms with E-state index in [0.717, 1.165) is 17.8 Å². The Hall–Kier alpha value is -0.300. The lowest BCUT2D eigenvalue weighted by molar-refractivity contribution is 0.202. The molecule has 1 heterocycles. The maximum absolute atomic E-state index is 4.43. The molecule has 0 radical (unpaired) electrons. The first-order valence-electron chi connectivity index (χ1n) is 9.27. The van der Waals surface area contributed by atoms with Crippen molar-refractivity contribution < 1.29 is 0 Å². The number of allylic oxidation sites excluding steroid dienone is 1. The van der Waals surface area contributed by atoms with Crippen LogP contribution in [-0.2, 0) is 0 Å². The Labute approximate surface area is 134 Å². The molecule has 1 N–H and O–H groups in total. The smallest absolute Gasteiger partial charge is 0.0104 e. The van der Waals surface area contributed by atoms with Gasteiger partial charge in [0, 0.05) is 6.04 Å². The molecule has 0 bridgehead atoms. The molecule has 0 spiro atoms. The Morgan fingerprint density at radius 2 is 1.86 bits per heavy atom. The molecule has 1 nitrogen and oxygen atoms in total. The van der Waals surface area contributed by atoms with Crippen LogP contribution in [0.2, 0.25) is 0 Å². The van der Waals surface area contributed by atoms with Crippen LogP contribution in [0.5, 0.6) is 0 Å². The van der Waals surface area contributed by atoms with E-state index in [2.05, 4.69) is 53.4 Å². The van der Waals surface area contributed by atoms with E-state index in [1.54, 1.807) is 0 Å². The van der Waals surface area contributed by atoms with Gasteiger partial charge in [-0.25, -0.2) is 0 Å².